The van der Waals surface area contributed by atoms with Crippen LogP contribution in [0.3, 0.4) is 0 Å². The second-order valence-corrected chi connectivity index (χ2v) is 5.82. The summed E-state index contributed by atoms with van der Waals surface area (Å²) in [7, 11) is 0. The minimum atomic E-state index is -0.269. The maximum atomic E-state index is 13.3. The quantitative estimate of drug-likeness (QED) is 0.883. The molecule has 0 aromatic heterocycles. The molecule has 1 atom stereocenters. The molecular formula is C17H16ClFN2O. The van der Waals surface area contributed by atoms with E-state index < -0.39 is 0 Å². The van der Waals surface area contributed by atoms with Crippen LogP contribution in [0.15, 0.2) is 42.5 Å². The van der Waals surface area contributed by atoms with E-state index in [0.29, 0.717) is 11.6 Å². The van der Waals surface area contributed by atoms with Gasteiger partial charge in [0.15, 0.2) is 0 Å². The molecule has 3 rings (SSSR count). The zero-order valence-electron chi connectivity index (χ0n) is 11.9. The van der Waals surface area contributed by atoms with E-state index in [1.807, 2.05) is 12.1 Å². The van der Waals surface area contributed by atoms with Crippen LogP contribution in [0.2, 0.25) is 5.02 Å². The summed E-state index contributed by atoms with van der Waals surface area (Å²) in [6, 6.07) is 11.7. The van der Waals surface area contributed by atoms with Crippen molar-refractivity contribution < 1.29 is 9.18 Å². The van der Waals surface area contributed by atoms with Gasteiger partial charge in [-0.25, -0.2) is 9.18 Å². The van der Waals surface area contributed by atoms with Gasteiger partial charge in [-0.2, -0.15) is 0 Å². The van der Waals surface area contributed by atoms with E-state index in [9.17, 15) is 9.18 Å². The minimum absolute atomic E-state index is 0.129. The second-order valence-electron chi connectivity index (χ2n) is 5.39. The highest BCUT2D eigenvalue weighted by atomic mass is 35.5. The van der Waals surface area contributed by atoms with Crippen molar-refractivity contribution in [3.63, 3.8) is 0 Å². The summed E-state index contributed by atoms with van der Waals surface area (Å²) in [6.07, 6.45) is 1.66. The van der Waals surface area contributed by atoms with Crippen molar-refractivity contribution in [1.82, 2.24) is 10.6 Å². The number of benzene rings is 2. The maximum Gasteiger partial charge on any atom is 0.315 e. The first-order valence-corrected chi connectivity index (χ1v) is 7.57. The van der Waals surface area contributed by atoms with Gasteiger partial charge in [-0.15, -0.1) is 0 Å². The van der Waals surface area contributed by atoms with E-state index in [2.05, 4.69) is 10.6 Å². The number of rotatable bonds is 3. The fourth-order valence-electron chi connectivity index (χ4n) is 2.72. The van der Waals surface area contributed by atoms with E-state index in [1.165, 1.54) is 12.1 Å². The van der Waals surface area contributed by atoms with Crippen molar-refractivity contribution in [2.75, 3.05) is 0 Å². The molecule has 22 heavy (non-hydrogen) atoms. The summed E-state index contributed by atoms with van der Waals surface area (Å²) in [5, 5.41) is 6.37. The van der Waals surface area contributed by atoms with E-state index in [4.69, 9.17) is 11.6 Å². The summed E-state index contributed by atoms with van der Waals surface area (Å²) < 4.78 is 13.3. The molecule has 3 nitrogen and oxygen atoms in total. The van der Waals surface area contributed by atoms with Crippen LogP contribution in [0.5, 0.6) is 0 Å². The van der Waals surface area contributed by atoms with Crippen LogP contribution >= 0.6 is 11.6 Å². The Hall–Kier alpha value is -2.07. The van der Waals surface area contributed by atoms with Gasteiger partial charge in [0.1, 0.15) is 5.82 Å². The number of nitrogens with one attached hydrogen (secondary N) is 2. The lowest BCUT2D eigenvalue weighted by Gasteiger charge is -2.15. The highest BCUT2D eigenvalue weighted by Crippen LogP contribution is 2.31. The molecule has 2 aromatic rings. The van der Waals surface area contributed by atoms with Crippen LogP contribution in [-0.2, 0) is 13.0 Å². The molecule has 0 saturated carbocycles. The van der Waals surface area contributed by atoms with Gasteiger partial charge >= 0.3 is 6.03 Å². The zero-order chi connectivity index (χ0) is 15.5. The highest BCUT2D eigenvalue weighted by molar-refractivity contribution is 6.30. The first-order valence-electron chi connectivity index (χ1n) is 7.19. The fourth-order valence-corrected chi connectivity index (χ4v) is 2.84. The van der Waals surface area contributed by atoms with Crippen LogP contribution in [0, 0.1) is 5.82 Å². The fraction of sp³-hybridized carbons (Fsp3) is 0.235. The Bertz CT molecular complexity index is 688. The number of hydrogen-bond donors (Lipinski definition) is 2. The van der Waals surface area contributed by atoms with Crippen molar-refractivity contribution in [1.29, 1.82) is 0 Å². The molecule has 0 saturated heterocycles. The van der Waals surface area contributed by atoms with E-state index in [-0.39, 0.29) is 17.9 Å². The Morgan fingerprint density at radius 3 is 2.77 bits per heavy atom. The maximum absolute atomic E-state index is 13.3. The predicted octanol–water partition coefficient (Wildman–Crippen LogP) is 3.97. The van der Waals surface area contributed by atoms with E-state index in [0.717, 1.165) is 29.5 Å². The van der Waals surface area contributed by atoms with Gasteiger partial charge in [0.2, 0.25) is 0 Å². The van der Waals surface area contributed by atoms with Gasteiger partial charge in [0.05, 0.1) is 6.04 Å². The van der Waals surface area contributed by atoms with Gasteiger partial charge in [-0.05, 0) is 53.8 Å². The average molecular weight is 319 g/mol. The van der Waals surface area contributed by atoms with Crippen LogP contribution in [-0.4, -0.2) is 6.03 Å². The Morgan fingerprint density at radius 2 is 2.00 bits per heavy atom. The van der Waals surface area contributed by atoms with Gasteiger partial charge < -0.3 is 10.6 Å². The van der Waals surface area contributed by atoms with Crippen molar-refractivity contribution in [2.24, 2.45) is 0 Å². The molecule has 0 aliphatic heterocycles. The number of aryl methyl sites for hydroxylation is 1. The first kappa shape index (κ1) is 14.9. The van der Waals surface area contributed by atoms with Crippen LogP contribution in [0.1, 0.15) is 29.2 Å². The molecule has 1 aliphatic rings. The van der Waals surface area contributed by atoms with Crippen LogP contribution in [0.25, 0.3) is 0 Å². The molecule has 2 amide bonds. The summed E-state index contributed by atoms with van der Waals surface area (Å²) in [6.45, 7) is 0.422. The largest absolute Gasteiger partial charge is 0.334 e. The third-order valence-corrected chi connectivity index (χ3v) is 4.11. The lowest BCUT2D eigenvalue weighted by atomic mass is 10.1. The number of urea groups is 1. The van der Waals surface area contributed by atoms with Crippen molar-refractivity contribution in [2.45, 2.75) is 25.4 Å². The normalized spacial score (nSPS) is 16.2. The SMILES string of the molecule is O=C(NCc1ccc(Cl)cc1)NC1CCc2ccc(F)cc21. The molecule has 0 bridgehead atoms. The third kappa shape index (κ3) is 3.39. The molecule has 5 heteroatoms. The molecule has 1 aliphatic carbocycles. The van der Waals surface area contributed by atoms with E-state index >= 15 is 0 Å². The molecule has 0 heterocycles. The lowest BCUT2D eigenvalue weighted by Crippen LogP contribution is -2.36. The van der Waals surface area contributed by atoms with E-state index in [1.54, 1.807) is 18.2 Å². The molecular weight excluding hydrogens is 303 g/mol. The lowest BCUT2D eigenvalue weighted by molar-refractivity contribution is 0.236. The number of fused-ring (bicyclic) bond motifs is 1. The highest BCUT2D eigenvalue weighted by Gasteiger charge is 2.24. The Morgan fingerprint density at radius 1 is 1.23 bits per heavy atom. The first-order chi connectivity index (χ1) is 10.6. The van der Waals surface area contributed by atoms with Crippen LogP contribution < -0.4 is 10.6 Å². The molecule has 0 fully saturated rings. The number of carbonyl (C=O) groups is 1. The zero-order valence-corrected chi connectivity index (χ0v) is 12.7. The molecule has 2 N–H and O–H groups in total. The summed E-state index contributed by atoms with van der Waals surface area (Å²) in [5.41, 5.74) is 2.95. The van der Waals surface area contributed by atoms with Gasteiger partial charge in [0.25, 0.3) is 0 Å². The molecule has 114 valence electrons. The van der Waals surface area contributed by atoms with Crippen LogP contribution in [0.4, 0.5) is 9.18 Å². The van der Waals surface area contributed by atoms with Gasteiger partial charge in [-0.3, -0.25) is 0 Å². The minimum Gasteiger partial charge on any atom is -0.334 e. The topological polar surface area (TPSA) is 41.1 Å². The van der Waals surface area contributed by atoms with Gasteiger partial charge in [-0.1, -0.05) is 29.8 Å². The second kappa shape index (κ2) is 6.36. The van der Waals surface area contributed by atoms with Crippen molar-refractivity contribution >= 4 is 17.6 Å². The Kier molecular flexibility index (Phi) is 4.29. The van der Waals surface area contributed by atoms with Gasteiger partial charge in [0, 0.05) is 11.6 Å². The number of halogens is 2. The third-order valence-electron chi connectivity index (χ3n) is 3.86. The van der Waals surface area contributed by atoms with Crippen molar-refractivity contribution in [3.05, 3.63) is 70.0 Å². The molecule has 0 spiro atoms. The Labute approximate surface area is 133 Å². The molecule has 0 radical (unpaired) electrons. The monoisotopic (exact) mass is 318 g/mol. The average Bonchev–Trinajstić information content (AvgIpc) is 2.89. The Balaban J connectivity index is 1.57. The summed E-state index contributed by atoms with van der Waals surface area (Å²) in [5.74, 6) is -0.269. The summed E-state index contributed by atoms with van der Waals surface area (Å²) >= 11 is 5.82. The number of amides is 2. The smallest absolute Gasteiger partial charge is 0.315 e. The molecule has 1 unspecified atom stereocenters. The number of carbonyl (C=O) groups excluding carboxylic acids is 1. The predicted molar refractivity (Wildman–Crippen MR) is 84.3 cm³/mol. The molecule has 2 aromatic carbocycles. The number of hydrogen-bond acceptors (Lipinski definition) is 1. The van der Waals surface area contributed by atoms with Crippen molar-refractivity contribution in [3.8, 4) is 0 Å². The standard InChI is InChI=1S/C17H16ClFN2O/c18-13-5-1-11(2-6-13)10-20-17(22)21-16-8-4-12-3-7-14(19)9-15(12)16/h1-3,5-7,9,16H,4,8,10H2,(H2,20,21,22). The summed E-state index contributed by atoms with van der Waals surface area (Å²) in [4.78, 5) is 12.0.